The van der Waals surface area contributed by atoms with E-state index in [0.29, 0.717) is 15.6 Å². The van der Waals surface area contributed by atoms with Crippen LogP contribution in [-0.4, -0.2) is 29.8 Å². The molecule has 0 spiro atoms. The molecule has 0 heterocycles. The van der Waals surface area contributed by atoms with Gasteiger partial charge in [-0.3, -0.25) is 9.59 Å². The highest BCUT2D eigenvalue weighted by Gasteiger charge is 2.27. The lowest BCUT2D eigenvalue weighted by molar-refractivity contribution is -0.139. The van der Waals surface area contributed by atoms with Crippen molar-refractivity contribution in [3.63, 3.8) is 0 Å². The summed E-state index contributed by atoms with van der Waals surface area (Å²) in [5.41, 5.74) is 3.70. The minimum absolute atomic E-state index is 0.157. The predicted octanol–water partition coefficient (Wildman–Crippen LogP) is 4.32. The van der Waals surface area contributed by atoms with Crippen LogP contribution in [0.3, 0.4) is 0 Å². The van der Waals surface area contributed by atoms with Crippen molar-refractivity contribution >= 4 is 35.0 Å². The second-order valence-corrected chi connectivity index (χ2v) is 7.43. The van der Waals surface area contributed by atoms with Crippen LogP contribution in [0, 0.1) is 13.8 Å². The summed E-state index contributed by atoms with van der Waals surface area (Å²) in [7, 11) is 1.55. The van der Waals surface area contributed by atoms with E-state index in [2.05, 4.69) is 5.32 Å². The maximum atomic E-state index is 13.1. The number of hydrogen-bond donors (Lipinski definition) is 1. The van der Waals surface area contributed by atoms with Crippen molar-refractivity contribution < 1.29 is 9.59 Å². The van der Waals surface area contributed by atoms with Crippen LogP contribution in [0.15, 0.2) is 36.4 Å². The molecule has 0 radical (unpaired) electrons. The van der Waals surface area contributed by atoms with Crippen LogP contribution in [0.5, 0.6) is 0 Å². The van der Waals surface area contributed by atoms with E-state index in [1.807, 2.05) is 32.0 Å². The Labute approximate surface area is 170 Å². The molecule has 0 aliphatic rings. The lowest BCUT2D eigenvalue weighted by atomic mass is 10.0. The molecule has 0 aromatic heterocycles. The largest absolute Gasteiger partial charge is 0.357 e. The molecule has 2 aromatic rings. The fourth-order valence-electron chi connectivity index (χ4n) is 2.90. The van der Waals surface area contributed by atoms with Gasteiger partial charge in [-0.05, 0) is 44.0 Å². The molecule has 1 N–H and O–H groups in total. The van der Waals surface area contributed by atoms with Crippen molar-refractivity contribution in [1.82, 2.24) is 10.2 Å². The molecule has 6 heteroatoms. The number of carbonyl (C=O) groups is 2. The minimum atomic E-state index is -0.653. The second kappa shape index (κ2) is 9.25. The van der Waals surface area contributed by atoms with Crippen molar-refractivity contribution in [2.75, 3.05) is 7.05 Å². The quantitative estimate of drug-likeness (QED) is 0.776. The third-order valence-electron chi connectivity index (χ3n) is 4.65. The van der Waals surface area contributed by atoms with Crippen LogP contribution >= 0.6 is 23.2 Å². The van der Waals surface area contributed by atoms with Crippen LogP contribution in [0.25, 0.3) is 0 Å². The molecule has 1 atom stereocenters. The molecule has 0 saturated carbocycles. The van der Waals surface area contributed by atoms with Crippen molar-refractivity contribution in [2.45, 2.75) is 39.8 Å². The molecule has 0 aliphatic heterocycles. The smallest absolute Gasteiger partial charge is 0.242 e. The Bertz CT molecular complexity index is 832. The maximum Gasteiger partial charge on any atom is 0.242 e. The number of halogens is 2. The summed E-state index contributed by atoms with van der Waals surface area (Å²) in [6, 6.07) is 10.5. The summed E-state index contributed by atoms with van der Waals surface area (Å²) in [6.45, 7) is 5.82. The summed E-state index contributed by atoms with van der Waals surface area (Å²) < 4.78 is 0. The number of amides is 2. The van der Waals surface area contributed by atoms with Gasteiger partial charge in [0.2, 0.25) is 11.8 Å². The first kappa shape index (κ1) is 21.3. The Hall–Kier alpha value is -2.04. The molecule has 144 valence electrons. The SMILES string of the molecule is CNC(=O)[C@@H](C)N(Cc1c(Cl)cccc1Cl)C(=O)Cc1cc(C)ccc1C. The number of nitrogens with one attached hydrogen (secondary N) is 1. The zero-order chi connectivity index (χ0) is 20.1. The molecule has 4 nitrogen and oxygen atoms in total. The number of benzene rings is 2. The van der Waals surface area contributed by atoms with Crippen molar-refractivity contribution in [3.8, 4) is 0 Å². The van der Waals surface area contributed by atoms with Crippen LogP contribution in [0.2, 0.25) is 10.0 Å². The third kappa shape index (κ3) is 5.24. The van der Waals surface area contributed by atoms with E-state index < -0.39 is 6.04 Å². The Kier molecular flexibility index (Phi) is 7.28. The van der Waals surface area contributed by atoms with Gasteiger partial charge in [0, 0.05) is 29.2 Å². The highest BCUT2D eigenvalue weighted by molar-refractivity contribution is 6.36. The topological polar surface area (TPSA) is 49.4 Å². The van der Waals surface area contributed by atoms with E-state index in [1.165, 1.54) is 4.90 Å². The molecule has 27 heavy (non-hydrogen) atoms. The van der Waals surface area contributed by atoms with Gasteiger partial charge in [0.15, 0.2) is 0 Å². The first-order valence-corrected chi connectivity index (χ1v) is 9.50. The standard InChI is InChI=1S/C21H24Cl2N2O2/c1-13-8-9-14(2)16(10-13)11-20(26)25(15(3)21(27)24-4)12-17-18(22)6-5-7-19(17)23/h5-10,15H,11-12H2,1-4H3,(H,24,27)/t15-/m1/s1. The minimum Gasteiger partial charge on any atom is -0.357 e. The molecule has 0 unspecified atom stereocenters. The molecule has 2 rings (SSSR count). The van der Waals surface area contributed by atoms with Gasteiger partial charge in [-0.2, -0.15) is 0 Å². The number of likely N-dealkylation sites (N-methyl/N-ethyl adjacent to an activating group) is 1. The van der Waals surface area contributed by atoms with Gasteiger partial charge >= 0.3 is 0 Å². The lowest BCUT2D eigenvalue weighted by Gasteiger charge is -2.29. The summed E-state index contributed by atoms with van der Waals surface area (Å²) in [5.74, 6) is -0.400. The van der Waals surface area contributed by atoms with Gasteiger partial charge in [-0.1, -0.05) is 53.0 Å². The van der Waals surface area contributed by atoms with Gasteiger partial charge in [0.1, 0.15) is 6.04 Å². The van der Waals surface area contributed by atoms with E-state index in [1.54, 1.807) is 32.2 Å². The first-order chi connectivity index (χ1) is 12.7. The summed E-state index contributed by atoms with van der Waals surface area (Å²) in [4.78, 5) is 26.9. The van der Waals surface area contributed by atoms with Crippen LogP contribution < -0.4 is 5.32 Å². The molecule has 2 amide bonds. The summed E-state index contributed by atoms with van der Waals surface area (Å²) in [6.07, 6.45) is 0.205. The Morgan fingerprint density at radius 1 is 1.11 bits per heavy atom. The second-order valence-electron chi connectivity index (χ2n) is 6.62. The van der Waals surface area contributed by atoms with E-state index in [9.17, 15) is 9.59 Å². The van der Waals surface area contributed by atoms with Crippen LogP contribution in [0.4, 0.5) is 0 Å². The molecule has 0 saturated heterocycles. The molecular formula is C21H24Cl2N2O2. The summed E-state index contributed by atoms with van der Waals surface area (Å²) >= 11 is 12.6. The van der Waals surface area contributed by atoms with Gasteiger partial charge in [-0.25, -0.2) is 0 Å². The number of nitrogens with zero attached hydrogens (tertiary/aromatic N) is 1. The van der Waals surface area contributed by atoms with Gasteiger partial charge < -0.3 is 10.2 Å². The average molecular weight is 407 g/mol. The summed E-state index contributed by atoms with van der Waals surface area (Å²) in [5, 5.41) is 3.54. The highest BCUT2D eigenvalue weighted by atomic mass is 35.5. The zero-order valence-corrected chi connectivity index (χ0v) is 17.5. The normalized spacial score (nSPS) is 11.8. The molecule has 0 bridgehead atoms. The Morgan fingerprint density at radius 2 is 1.74 bits per heavy atom. The van der Waals surface area contributed by atoms with Gasteiger partial charge in [0.25, 0.3) is 0 Å². The fraction of sp³-hybridized carbons (Fsp3) is 0.333. The average Bonchev–Trinajstić information content (AvgIpc) is 2.63. The van der Waals surface area contributed by atoms with E-state index in [0.717, 1.165) is 16.7 Å². The monoisotopic (exact) mass is 406 g/mol. The van der Waals surface area contributed by atoms with Gasteiger partial charge in [0.05, 0.1) is 6.42 Å². The molecule has 0 aliphatic carbocycles. The maximum absolute atomic E-state index is 13.1. The number of hydrogen-bond acceptors (Lipinski definition) is 2. The van der Waals surface area contributed by atoms with E-state index >= 15 is 0 Å². The number of aryl methyl sites for hydroxylation is 2. The van der Waals surface area contributed by atoms with E-state index in [4.69, 9.17) is 23.2 Å². The highest BCUT2D eigenvalue weighted by Crippen LogP contribution is 2.27. The van der Waals surface area contributed by atoms with Crippen molar-refractivity contribution in [3.05, 3.63) is 68.7 Å². The molecule has 2 aromatic carbocycles. The van der Waals surface area contributed by atoms with Crippen molar-refractivity contribution in [1.29, 1.82) is 0 Å². The number of carbonyl (C=O) groups excluding carboxylic acids is 2. The first-order valence-electron chi connectivity index (χ1n) is 8.74. The number of rotatable bonds is 6. The van der Waals surface area contributed by atoms with Crippen LogP contribution in [-0.2, 0) is 22.6 Å². The fourth-order valence-corrected chi connectivity index (χ4v) is 3.42. The van der Waals surface area contributed by atoms with Gasteiger partial charge in [-0.15, -0.1) is 0 Å². The molecular weight excluding hydrogens is 383 g/mol. The zero-order valence-electron chi connectivity index (χ0n) is 16.0. The lowest BCUT2D eigenvalue weighted by Crippen LogP contribution is -2.47. The Morgan fingerprint density at radius 3 is 2.33 bits per heavy atom. The predicted molar refractivity (Wildman–Crippen MR) is 110 cm³/mol. The van der Waals surface area contributed by atoms with Crippen LogP contribution in [0.1, 0.15) is 29.2 Å². The van der Waals surface area contributed by atoms with Crippen molar-refractivity contribution in [2.24, 2.45) is 0 Å². The third-order valence-corrected chi connectivity index (χ3v) is 5.36. The Balaban J connectivity index is 2.35. The van der Waals surface area contributed by atoms with E-state index in [-0.39, 0.29) is 24.8 Å². The molecule has 0 fully saturated rings.